The molecule has 0 aliphatic heterocycles. The number of rotatable bonds is 8. The highest BCUT2D eigenvalue weighted by Crippen LogP contribution is 2.22. The first-order chi connectivity index (χ1) is 13.5. The van der Waals surface area contributed by atoms with E-state index in [0.717, 1.165) is 22.1 Å². The van der Waals surface area contributed by atoms with Crippen LogP contribution in [0.2, 0.25) is 0 Å². The van der Waals surface area contributed by atoms with Gasteiger partial charge in [-0.2, -0.15) is 0 Å². The minimum absolute atomic E-state index is 0.307. The number of hydrogen-bond acceptors (Lipinski definition) is 6. The van der Waals surface area contributed by atoms with Crippen LogP contribution in [0.1, 0.15) is 33.7 Å². The van der Waals surface area contributed by atoms with E-state index in [0.29, 0.717) is 30.3 Å². The number of nitrogens with one attached hydrogen (secondary N) is 1. The summed E-state index contributed by atoms with van der Waals surface area (Å²) in [5.41, 5.74) is 2.92. The van der Waals surface area contributed by atoms with E-state index in [-0.39, 0.29) is 0 Å². The van der Waals surface area contributed by atoms with Gasteiger partial charge in [0.15, 0.2) is 0 Å². The number of anilines is 1. The zero-order valence-electron chi connectivity index (χ0n) is 16.1. The van der Waals surface area contributed by atoms with Gasteiger partial charge in [0, 0.05) is 35.7 Å². The second-order valence-corrected chi connectivity index (χ2v) is 7.25. The predicted octanol–water partition coefficient (Wildman–Crippen LogP) is 3.35. The van der Waals surface area contributed by atoms with Crippen LogP contribution < -0.4 is 5.32 Å². The Morgan fingerprint density at radius 2 is 1.93 bits per heavy atom. The van der Waals surface area contributed by atoms with Gasteiger partial charge in [0.05, 0.1) is 6.61 Å². The normalized spacial score (nSPS) is 10.8. The van der Waals surface area contributed by atoms with Gasteiger partial charge in [-0.1, -0.05) is 29.5 Å². The minimum atomic E-state index is -0.721. The second kappa shape index (κ2) is 8.90. The van der Waals surface area contributed by atoms with Crippen LogP contribution in [0.4, 0.5) is 5.13 Å². The molecule has 0 spiro atoms. The van der Waals surface area contributed by atoms with Gasteiger partial charge in [-0.05, 0) is 39.0 Å². The molecule has 28 heavy (non-hydrogen) atoms. The van der Waals surface area contributed by atoms with Crippen molar-refractivity contribution in [3.63, 3.8) is 0 Å². The standard InChI is InChI=1S/C20H22N4O3S/c1-4-27-11-10-17-22-23-20(28-17)21-19(26)18(25)16-12-13(2)24(14(16)3)15-8-6-5-7-9-15/h5-9,12H,4,10-11H2,1-3H3,(H,21,23,26). The zero-order valence-corrected chi connectivity index (χ0v) is 16.9. The highest BCUT2D eigenvalue weighted by atomic mass is 32.1. The van der Waals surface area contributed by atoms with Gasteiger partial charge in [0.1, 0.15) is 5.01 Å². The van der Waals surface area contributed by atoms with Crippen molar-refractivity contribution in [1.29, 1.82) is 0 Å². The third kappa shape index (κ3) is 4.35. The maximum atomic E-state index is 12.7. The maximum absolute atomic E-state index is 12.7. The highest BCUT2D eigenvalue weighted by Gasteiger charge is 2.23. The second-order valence-electron chi connectivity index (χ2n) is 6.19. The number of amides is 1. The van der Waals surface area contributed by atoms with Gasteiger partial charge in [-0.15, -0.1) is 10.2 Å². The Balaban J connectivity index is 1.73. The molecule has 0 saturated heterocycles. The van der Waals surface area contributed by atoms with Crippen LogP contribution in [0, 0.1) is 13.8 Å². The summed E-state index contributed by atoms with van der Waals surface area (Å²) in [5, 5.41) is 11.5. The molecule has 0 bridgehead atoms. The third-order valence-electron chi connectivity index (χ3n) is 4.25. The van der Waals surface area contributed by atoms with Crippen LogP contribution in [0.25, 0.3) is 5.69 Å². The SMILES string of the molecule is CCOCCc1nnc(NC(=O)C(=O)c2cc(C)n(-c3ccccc3)c2C)s1. The fourth-order valence-corrected chi connectivity index (χ4v) is 3.67. The molecule has 0 atom stereocenters. The molecule has 1 N–H and O–H groups in total. The average Bonchev–Trinajstić information content (AvgIpc) is 3.25. The Morgan fingerprint density at radius 1 is 1.18 bits per heavy atom. The molecule has 0 aliphatic rings. The maximum Gasteiger partial charge on any atom is 0.298 e. The van der Waals surface area contributed by atoms with Crippen molar-refractivity contribution in [2.75, 3.05) is 18.5 Å². The van der Waals surface area contributed by atoms with Gasteiger partial charge >= 0.3 is 0 Å². The quantitative estimate of drug-likeness (QED) is 0.357. The largest absolute Gasteiger partial charge is 0.381 e. The summed E-state index contributed by atoms with van der Waals surface area (Å²) in [6, 6.07) is 11.4. The molecule has 2 heterocycles. The van der Waals surface area contributed by atoms with Crippen molar-refractivity contribution in [2.24, 2.45) is 0 Å². The van der Waals surface area contributed by atoms with Crippen molar-refractivity contribution in [3.05, 3.63) is 58.4 Å². The zero-order chi connectivity index (χ0) is 20.1. The Morgan fingerprint density at radius 3 is 2.64 bits per heavy atom. The summed E-state index contributed by atoms with van der Waals surface area (Å²) in [6.07, 6.45) is 0.619. The smallest absolute Gasteiger partial charge is 0.298 e. The lowest BCUT2D eigenvalue weighted by atomic mass is 10.1. The molecule has 0 aliphatic carbocycles. The number of aryl methyl sites for hydroxylation is 1. The molecule has 146 valence electrons. The van der Waals surface area contributed by atoms with Crippen LogP contribution in [0.15, 0.2) is 36.4 Å². The molecule has 3 aromatic rings. The Kier molecular flexibility index (Phi) is 6.33. The van der Waals surface area contributed by atoms with Crippen molar-refractivity contribution in [3.8, 4) is 5.69 Å². The number of hydrogen-bond donors (Lipinski definition) is 1. The molecule has 1 aromatic carbocycles. The summed E-state index contributed by atoms with van der Waals surface area (Å²) < 4.78 is 7.24. The van der Waals surface area contributed by atoms with E-state index in [1.54, 1.807) is 6.07 Å². The molecule has 0 unspecified atom stereocenters. The number of Topliss-reactive ketones (excluding diaryl/α,β-unsaturated/α-hetero) is 1. The van der Waals surface area contributed by atoms with Crippen LogP contribution in [0.5, 0.6) is 0 Å². The summed E-state index contributed by atoms with van der Waals surface area (Å²) >= 11 is 1.24. The Labute approximate surface area is 167 Å². The van der Waals surface area contributed by atoms with Crippen molar-refractivity contribution in [2.45, 2.75) is 27.2 Å². The lowest BCUT2D eigenvalue weighted by Gasteiger charge is -2.09. The van der Waals surface area contributed by atoms with E-state index in [1.807, 2.05) is 55.7 Å². The van der Waals surface area contributed by atoms with Crippen LogP contribution in [0.3, 0.4) is 0 Å². The molecule has 2 aromatic heterocycles. The van der Waals surface area contributed by atoms with Gasteiger partial charge < -0.3 is 9.30 Å². The van der Waals surface area contributed by atoms with Gasteiger partial charge in [-0.3, -0.25) is 14.9 Å². The number of benzene rings is 1. The van der Waals surface area contributed by atoms with E-state index in [2.05, 4.69) is 15.5 Å². The first kappa shape index (κ1) is 19.9. The topological polar surface area (TPSA) is 86.1 Å². The number of nitrogens with zero attached hydrogens (tertiary/aromatic N) is 3. The highest BCUT2D eigenvalue weighted by molar-refractivity contribution is 7.15. The van der Waals surface area contributed by atoms with Crippen molar-refractivity contribution < 1.29 is 14.3 Å². The molecule has 0 fully saturated rings. The van der Waals surface area contributed by atoms with E-state index in [4.69, 9.17) is 4.74 Å². The molecule has 1 amide bonds. The number of para-hydroxylation sites is 1. The Hall–Kier alpha value is -2.84. The molecule has 7 nitrogen and oxygen atoms in total. The number of ether oxygens (including phenoxy) is 1. The predicted molar refractivity (Wildman–Crippen MR) is 108 cm³/mol. The molecule has 8 heteroatoms. The number of carbonyl (C=O) groups is 2. The summed E-state index contributed by atoms with van der Waals surface area (Å²) in [4.78, 5) is 25.1. The summed E-state index contributed by atoms with van der Waals surface area (Å²) in [6.45, 7) is 6.84. The lowest BCUT2D eigenvalue weighted by molar-refractivity contribution is -0.112. The lowest BCUT2D eigenvalue weighted by Crippen LogP contribution is -2.23. The molecule has 0 radical (unpaired) electrons. The first-order valence-electron chi connectivity index (χ1n) is 9.01. The third-order valence-corrected chi connectivity index (χ3v) is 5.15. The summed E-state index contributed by atoms with van der Waals surface area (Å²) in [5.74, 6) is -1.32. The van der Waals surface area contributed by atoms with Crippen molar-refractivity contribution in [1.82, 2.24) is 14.8 Å². The molecule has 0 saturated carbocycles. The van der Waals surface area contributed by atoms with Crippen molar-refractivity contribution >= 4 is 28.2 Å². The van der Waals surface area contributed by atoms with Gasteiger partial charge in [-0.25, -0.2) is 0 Å². The van der Waals surface area contributed by atoms with Gasteiger partial charge in [0.25, 0.3) is 11.7 Å². The molecule has 3 rings (SSSR count). The molecular weight excluding hydrogens is 376 g/mol. The number of carbonyl (C=O) groups excluding carboxylic acids is 2. The fraction of sp³-hybridized carbons (Fsp3) is 0.300. The Bertz CT molecular complexity index is 979. The minimum Gasteiger partial charge on any atom is -0.381 e. The summed E-state index contributed by atoms with van der Waals surface area (Å²) in [7, 11) is 0. The number of aromatic nitrogens is 3. The monoisotopic (exact) mass is 398 g/mol. The first-order valence-corrected chi connectivity index (χ1v) is 9.83. The van der Waals surface area contributed by atoms with E-state index in [9.17, 15) is 9.59 Å². The fourth-order valence-electron chi connectivity index (χ4n) is 2.95. The van der Waals surface area contributed by atoms with Crippen LogP contribution in [-0.2, 0) is 16.0 Å². The van der Waals surface area contributed by atoms with Gasteiger partial charge in [0.2, 0.25) is 5.13 Å². The number of ketones is 1. The average molecular weight is 398 g/mol. The van der Waals surface area contributed by atoms with E-state index in [1.165, 1.54) is 11.3 Å². The van der Waals surface area contributed by atoms with Crippen LogP contribution in [-0.4, -0.2) is 39.7 Å². The van der Waals surface area contributed by atoms with E-state index < -0.39 is 11.7 Å². The molecular formula is C20H22N4O3S. The van der Waals surface area contributed by atoms with E-state index >= 15 is 0 Å². The van der Waals surface area contributed by atoms with Crippen LogP contribution >= 0.6 is 11.3 Å².